The van der Waals surface area contributed by atoms with Crippen molar-refractivity contribution < 1.29 is 22.4 Å². The molecule has 10 heteroatoms. The quantitative estimate of drug-likeness (QED) is 0.465. The predicted octanol–water partition coefficient (Wildman–Crippen LogP) is 3.33. The van der Waals surface area contributed by atoms with E-state index >= 15 is 0 Å². The van der Waals surface area contributed by atoms with Crippen LogP contribution in [-0.2, 0) is 26.3 Å². The molecular weight excluding hydrogens is 483 g/mol. The van der Waals surface area contributed by atoms with Gasteiger partial charge in [0.1, 0.15) is 18.4 Å². The maximum atomic E-state index is 14.7. The Balaban J connectivity index is 2.52. The molecule has 36 heavy (non-hydrogen) atoms. The summed E-state index contributed by atoms with van der Waals surface area (Å²) in [5.41, 5.74) is 1.51. The molecule has 0 radical (unpaired) electrons. The third-order valence-corrected chi connectivity index (χ3v) is 7.62. The first kappa shape index (κ1) is 29.3. The third-order valence-electron chi connectivity index (χ3n) is 5.81. The number of anilines is 1. The maximum Gasteiger partial charge on any atom is 0.304 e. The average Bonchev–Trinajstić information content (AvgIpc) is 2.82. The minimum atomic E-state index is -4.22. The number of benzene rings is 2. The molecule has 1 atom stereocenters. The summed E-state index contributed by atoms with van der Waals surface area (Å²) in [6.45, 7) is 7.51. The highest BCUT2D eigenvalue weighted by atomic mass is 32.2. The number of nitrogens with one attached hydrogen (secondary N) is 1. The molecule has 2 aromatic rings. The number of hydrogen-bond donors (Lipinski definition) is 1. The van der Waals surface area contributed by atoms with E-state index in [2.05, 4.69) is 5.32 Å². The van der Waals surface area contributed by atoms with Gasteiger partial charge in [0.25, 0.3) is 0 Å². The molecule has 1 unspecified atom stereocenters. The molecule has 0 saturated heterocycles. The first-order chi connectivity index (χ1) is 16.9. The summed E-state index contributed by atoms with van der Waals surface area (Å²) in [5.74, 6) is -1.49. The van der Waals surface area contributed by atoms with Gasteiger partial charge >= 0.3 is 10.2 Å². The molecule has 0 aliphatic carbocycles. The minimum absolute atomic E-state index is 0.103. The number of para-hydroxylation sites is 1. The van der Waals surface area contributed by atoms with Gasteiger partial charge in [-0.15, -0.1) is 0 Å². The molecule has 0 fully saturated rings. The van der Waals surface area contributed by atoms with Gasteiger partial charge < -0.3 is 10.2 Å². The Morgan fingerprint density at radius 2 is 1.64 bits per heavy atom. The minimum Gasteiger partial charge on any atom is -0.354 e. The third kappa shape index (κ3) is 7.27. The fourth-order valence-electron chi connectivity index (χ4n) is 3.67. The standard InChI is InChI=1S/C26H37FN4O4S/c1-7-23(26(33)28-16-19(2)3)30(17-21-13-9-8-12-20(21)4)25(32)18-31(36(34,35)29(5)6)24-15-11-10-14-22(24)27/h8-15,19,23H,7,16-18H2,1-6H3,(H,28,33). The fourth-order valence-corrected chi connectivity index (χ4v) is 4.73. The van der Waals surface area contributed by atoms with Crippen molar-refractivity contribution in [3.8, 4) is 0 Å². The molecule has 2 aromatic carbocycles. The Morgan fingerprint density at radius 1 is 1.03 bits per heavy atom. The van der Waals surface area contributed by atoms with Crippen LogP contribution in [0.15, 0.2) is 48.5 Å². The van der Waals surface area contributed by atoms with Gasteiger partial charge in [-0.3, -0.25) is 9.59 Å². The summed E-state index contributed by atoms with van der Waals surface area (Å²) in [7, 11) is -1.59. The number of carbonyl (C=O) groups is 2. The molecule has 1 N–H and O–H groups in total. The summed E-state index contributed by atoms with van der Waals surface area (Å²) in [6, 6.07) is 12.0. The second-order valence-electron chi connectivity index (χ2n) is 9.26. The zero-order valence-corrected chi connectivity index (χ0v) is 22.7. The van der Waals surface area contributed by atoms with Crippen molar-refractivity contribution in [3.63, 3.8) is 0 Å². The van der Waals surface area contributed by atoms with Crippen LogP contribution >= 0.6 is 0 Å². The van der Waals surface area contributed by atoms with Gasteiger partial charge in [0.2, 0.25) is 11.8 Å². The smallest absolute Gasteiger partial charge is 0.304 e. The SMILES string of the molecule is CCC(C(=O)NCC(C)C)N(Cc1ccccc1C)C(=O)CN(c1ccccc1F)S(=O)(=O)N(C)C. The molecular formula is C26H37FN4O4S. The second kappa shape index (κ2) is 12.8. The summed E-state index contributed by atoms with van der Waals surface area (Å²) >= 11 is 0. The van der Waals surface area contributed by atoms with Crippen molar-refractivity contribution >= 4 is 27.7 Å². The normalized spacial score (nSPS) is 12.5. The lowest BCUT2D eigenvalue weighted by Crippen LogP contribution is -2.53. The molecule has 0 aliphatic heterocycles. The summed E-state index contributed by atoms with van der Waals surface area (Å²) in [5, 5.41) is 2.88. The lowest BCUT2D eigenvalue weighted by atomic mass is 10.1. The molecule has 2 rings (SSSR count). The highest BCUT2D eigenvalue weighted by molar-refractivity contribution is 7.90. The van der Waals surface area contributed by atoms with Crippen LogP contribution in [0, 0.1) is 18.7 Å². The van der Waals surface area contributed by atoms with E-state index in [1.54, 1.807) is 6.92 Å². The predicted molar refractivity (Wildman–Crippen MR) is 140 cm³/mol. The van der Waals surface area contributed by atoms with E-state index in [9.17, 15) is 22.4 Å². The van der Waals surface area contributed by atoms with Crippen LogP contribution in [0.3, 0.4) is 0 Å². The second-order valence-corrected chi connectivity index (χ2v) is 11.3. The Labute approximate surface area is 214 Å². The zero-order valence-electron chi connectivity index (χ0n) is 21.9. The van der Waals surface area contributed by atoms with Gasteiger partial charge in [0.15, 0.2) is 0 Å². The Hall–Kier alpha value is -2.98. The van der Waals surface area contributed by atoms with E-state index < -0.39 is 34.5 Å². The van der Waals surface area contributed by atoms with Gasteiger partial charge in [0, 0.05) is 27.2 Å². The van der Waals surface area contributed by atoms with Crippen molar-refractivity contribution in [2.24, 2.45) is 5.92 Å². The van der Waals surface area contributed by atoms with Crippen molar-refractivity contribution in [2.75, 3.05) is 31.5 Å². The monoisotopic (exact) mass is 520 g/mol. The van der Waals surface area contributed by atoms with Gasteiger partial charge in [-0.1, -0.05) is 57.2 Å². The number of amides is 2. The number of hydrogen-bond acceptors (Lipinski definition) is 4. The van der Waals surface area contributed by atoms with Gasteiger partial charge in [-0.25, -0.2) is 8.70 Å². The number of aryl methyl sites for hydroxylation is 1. The Kier molecular flexibility index (Phi) is 10.4. The number of rotatable bonds is 12. The van der Waals surface area contributed by atoms with Crippen LogP contribution in [0.1, 0.15) is 38.3 Å². The maximum absolute atomic E-state index is 14.7. The molecule has 0 saturated carbocycles. The van der Waals surface area contributed by atoms with Crippen molar-refractivity contribution in [2.45, 2.75) is 46.7 Å². The van der Waals surface area contributed by atoms with Crippen LogP contribution in [0.25, 0.3) is 0 Å². The van der Waals surface area contributed by atoms with E-state index in [1.165, 1.54) is 37.2 Å². The van der Waals surface area contributed by atoms with Crippen molar-refractivity contribution in [1.82, 2.24) is 14.5 Å². The van der Waals surface area contributed by atoms with Crippen molar-refractivity contribution in [1.29, 1.82) is 0 Å². The molecule has 0 bridgehead atoms. The van der Waals surface area contributed by atoms with E-state index in [4.69, 9.17) is 0 Å². The summed E-state index contributed by atoms with van der Waals surface area (Å²) in [6.07, 6.45) is 0.321. The molecule has 0 aromatic heterocycles. The van der Waals surface area contributed by atoms with Gasteiger partial charge in [-0.05, 0) is 42.5 Å². The molecule has 2 amide bonds. The summed E-state index contributed by atoms with van der Waals surface area (Å²) < 4.78 is 42.6. The fraction of sp³-hybridized carbons (Fsp3) is 0.462. The Bertz CT molecular complexity index is 1150. The highest BCUT2D eigenvalue weighted by Gasteiger charge is 2.34. The van der Waals surface area contributed by atoms with E-state index in [0.717, 1.165) is 25.8 Å². The zero-order chi connectivity index (χ0) is 27.0. The number of carbonyl (C=O) groups excluding carboxylic acids is 2. The van der Waals surface area contributed by atoms with Crippen molar-refractivity contribution in [3.05, 3.63) is 65.5 Å². The lowest BCUT2D eigenvalue weighted by Gasteiger charge is -2.34. The highest BCUT2D eigenvalue weighted by Crippen LogP contribution is 2.24. The van der Waals surface area contributed by atoms with Gasteiger partial charge in [0.05, 0.1) is 5.69 Å². The lowest BCUT2D eigenvalue weighted by molar-refractivity contribution is -0.140. The van der Waals surface area contributed by atoms with Crippen LogP contribution in [0.2, 0.25) is 0 Å². The first-order valence-corrected chi connectivity index (χ1v) is 13.4. The molecule has 0 aliphatic rings. The van der Waals surface area contributed by atoms with Crippen LogP contribution < -0.4 is 9.62 Å². The van der Waals surface area contributed by atoms with Crippen LogP contribution in [0.5, 0.6) is 0 Å². The van der Waals surface area contributed by atoms with E-state index in [-0.39, 0.29) is 24.1 Å². The number of halogens is 1. The van der Waals surface area contributed by atoms with Crippen LogP contribution in [-0.4, -0.2) is 62.7 Å². The summed E-state index contributed by atoms with van der Waals surface area (Å²) in [4.78, 5) is 28.3. The van der Waals surface area contributed by atoms with E-state index in [0.29, 0.717) is 13.0 Å². The topological polar surface area (TPSA) is 90.0 Å². The first-order valence-electron chi connectivity index (χ1n) is 12.0. The average molecular weight is 521 g/mol. The Morgan fingerprint density at radius 3 is 2.19 bits per heavy atom. The molecule has 0 heterocycles. The molecule has 0 spiro atoms. The number of nitrogens with zero attached hydrogens (tertiary/aromatic N) is 3. The molecule has 198 valence electrons. The van der Waals surface area contributed by atoms with E-state index in [1.807, 2.05) is 45.0 Å². The molecule has 8 nitrogen and oxygen atoms in total. The van der Waals surface area contributed by atoms with Gasteiger partial charge in [-0.2, -0.15) is 12.7 Å². The van der Waals surface area contributed by atoms with Crippen LogP contribution in [0.4, 0.5) is 10.1 Å². The largest absolute Gasteiger partial charge is 0.354 e.